The van der Waals surface area contributed by atoms with E-state index in [2.05, 4.69) is 10.4 Å². The van der Waals surface area contributed by atoms with Crippen molar-refractivity contribution < 1.29 is 18.7 Å². The van der Waals surface area contributed by atoms with Crippen LogP contribution in [0, 0.1) is 24.5 Å². The van der Waals surface area contributed by atoms with E-state index in [1.807, 2.05) is 0 Å². The largest absolute Gasteiger partial charge is 0.393 e. The van der Waals surface area contributed by atoms with Crippen molar-refractivity contribution in [3.8, 4) is 0 Å². The second-order valence-electron chi connectivity index (χ2n) is 6.34. The van der Waals surface area contributed by atoms with Gasteiger partial charge in [0.15, 0.2) is 0 Å². The van der Waals surface area contributed by atoms with Crippen LogP contribution in [0.25, 0.3) is 0 Å². The molecule has 1 fully saturated rings. The average Bonchev–Trinajstić information content (AvgIpc) is 2.92. The fraction of sp³-hybridized carbons (Fsp3) is 0.412. The molecule has 2 N–H and O–H groups in total. The summed E-state index contributed by atoms with van der Waals surface area (Å²) in [6.45, 7) is 1.48. The Morgan fingerprint density at radius 1 is 1.42 bits per heavy atom. The first-order chi connectivity index (χ1) is 11.4. The SMILES string of the molecule is Cc1ccc(F)c(C(=O)N[C@@H](c2cnn(C)c2)C2CC(O)C2)c1F. The maximum atomic E-state index is 14.2. The van der Waals surface area contributed by atoms with Gasteiger partial charge in [0.25, 0.3) is 5.91 Å². The van der Waals surface area contributed by atoms with Crippen LogP contribution >= 0.6 is 0 Å². The molecule has 1 saturated carbocycles. The molecule has 128 valence electrons. The highest BCUT2D eigenvalue weighted by Gasteiger charge is 2.37. The Morgan fingerprint density at radius 2 is 2.12 bits per heavy atom. The molecule has 5 nitrogen and oxygen atoms in total. The summed E-state index contributed by atoms with van der Waals surface area (Å²) >= 11 is 0. The number of benzene rings is 1. The number of aliphatic hydroxyl groups excluding tert-OH is 1. The van der Waals surface area contributed by atoms with Crippen molar-refractivity contribution in [3.63, 3.8) is 0 Å². The predicted octanol–water partition coefficient (Wildman–Crippen LogP) is 2.25. The number of aryl methyl sites for hydroxylation is 2. The van der Waals surface area contributed by atoms with Gasteiger partial charge in [-0.1, -0.05) is 6.07 Å². The summed E-state index contributed by atoms with van der Waals surface area (Å²) < 4.78 is 29.7. The molecule has 0 aliphatic heterocycles. The summed E-state index contributed by atoms with van der Waals surface area (Å²) in [6, 6.07) is 1.93. The highest BCUT2D eigenvalue weighted by Crippen LogP contribution is 2.38. The molecule has 0 spiro atoms. The minimum Gasteiger partial charge on any atom is -0.393 e. The zero-order chi connectivity index (χ0) is 17.4. The lowest BCUT2D eigenvalue weighted by molar-refractivity contribution is 0.0234. The van der Waals surface area contributed by atoms with Gasteiger partial charge in [-0.25, -0.2) is 8.78 Å². The molecule has 7 heteroatoms. The summed E-state index contributed by atoms with van der Waals surface area (Å²) in [5, 5.41) is 16.3. The second kappa shape index (κ2) is 6.32. The summed E-state index contributed by atoms with van der Waals surface area (Å²) in [6.07, 6.45) is 4.01. The van der Waals surface area contributed by atoms with E-state index in [0.29, 0.717) is 12.8 Å². The molecule has 1 aromatic heterocycles. The normalized spacial score (nSPS) is 21.2. The Bertz CT molecular complexity index is 769. The van der Waals surface area contributed by atoms with E-state index in [0.717, 1.165) is 11.6 Å². The molecule has 1 aliphatic carbocycles. The van der Waals surface area contributed by atoms with Crippen LogP contribution in [0.5, 0.6) is 0 Å². The van der Waals surface area contributed by atoms with Gasteiger partial charge in [0, 0.05) is 18.8 Å². The van der Waals surface area contributed by atoms with Gasteiger partial charge in [0.1, 0.15) is 17.2 Å². The minimum atomic E-state index is -0.894. The Balaban J connectivity index is 1.88. The van der Waals surface area contributed by atoms with Gasteiger partial charge in [-0.15, -0.1) is 0 Å². The van der Waals surface area contributed by atoms with Gasteiger partial charge in [0.05, 0.1) is 18.3 Å². The van der Waals surface area contributed by atoms with Crippen LogP contribution in [-0.4, -0.2) is 26.9 Å². The van der Waals surface area contributed by atoms with Crippen molar-refractivity contribution >= 4 is 5.91 Å². The van der Waals surface area contributed by atoms with E-state index in [-0.39, 0.29) is 11.5 Å². The van der Waals surface area contributed by atoms with Crippen LogP contribution in [0.2, 0.25) is 0 Å². The number of hydrogen-bond acceptors (Lipinski definition) is 3. The number of halogens is 2. The van der Waals surface area contributed by atoms with Crippen LogP contribution in [0.1, 0.15) is 40.4 Å². The molecule has 1 aliphatic rings. The Morgan fingerprint density at radius 3 is 2.71 bits per heavy atom. The van der Waals surface area contributed by atoms with Gasteiger partial charge in [-0.3, -0.25) is 9.48 Å². The van der Waals surface area contributed by atoms with Crippen molar-refractivity contribution in [3.05, 3.63) is 52.9 Å². The van der Waals surface area contributed by atoms with Gasteiger partial charge in [0.2, 0.25) is 0 Å². The van der Waals surface area contributed by atoms with Gasteiger partial charge in [-0.2, -0.15) is 5.10 Å². The summed E-state index contributed by atoms with van der Waals surface area (Å²) in [5.74, 6) is -2.55. The van der Waals surface area contributed by atoms with Crippen LogP contribution in [0.15, 0.2) is 24.5 Å². The third kappa shape index (κ3) is 3.03. The van der Waals surface area contributed by atoms with Crippen molar-refractivity contribution in [2.24, 2.45) is 13.0 Å². The van der Waals surface area contributed by atoms with E-state index in [9.17, 15) is 18.7 Å². The van der Waals surface area contributed by atoms with E-state index in [4.69, 9.17) is 0 Å². The van der Waals surface area contributed by atoms with E-state index >= 15 is 0 Å². The third-order valence-electron chi connectivity index (χ3n) is 4.50. The summed E-state index contributed by atoms with van der Waals surface area (Å²) in [4.78, 5) is 12.5. The number of carbonyl (C=O) groups is 1. The minimum absolute atomic E-state index is 0.00378. The molecule has 1 aromatic carbocycles. The third-order valence-corrected chi connectivity index (χ3v) is 4.50. The molecule has 3 rings (SSSR count). The number of amides is 1. The number of carbonyl (C=O) groups excluding carboxylic acids is 1. The quantitative estimate of drug-likeness (QED) is 0.900. The molecule has 0 unspecified atom stereocenters. The molecule has 1 atom stereocenters. The van der Waals surface area contributed by atoms with E-state index in [1.165, 1.54) is 13.0 Å². The number of nitrogens with one attached hydrogen (secondary N) is 1. The predicted molar refractivity (Wildman–Crippen MR) is 83.2 cm³/mol. The lowest BCUT2D eigenvalue weighted by Gasteiger charge is -2.37. The Labute approximate surface area is 138 Å². The van der Waals surface area contributed by atoms with Crippen LogP contribution in [0.4, 0.5) is 8.78 Å². The van der Waals surface area contributed by atoms with Gasteiger partial charge < -0.3 is 10.4 Å². The van der Waals surface area contributed by atoms with Crippen LogP contribution in [-0.2, 0) is 7.05 Å². The molecule has 24 heavy (non-hydrogen) atoms. The number of nitrogens with zero attached hydrogens (tertiary/aromatic N) is 2. The molecular formula is C17H19F2N3O2. The van der Waals surface area contributed by atoms with Gasteiger partial charge in [-0.05, 0) is 37.3 Å². The topological polar surface area (TPSA) is 67.2 Å². The molecule has 0 bridgehead atoms. The summed E-state index contributed by atoms with van der Waals surface area (Å²) in [7, 11) is 1.75. The average molecular weight is 335 g/mol. The lowest BCUT2D eigenvalue weighted by atomic mass is 9.75. The first kappa shape index (κ1) is 16.6. The van der Waals surface area contributed by atoms with Crippen molar-refractivity contribution in [1.82, 2.24) is 15.1 Å². The standard InChI is InChI=1S/C17H19F2N3O2/c1-9-3-4-13(18)14(15(9)19)17(24)21-16(10-5-12(23)6-10)11-7-20-22(2)8-11/h3-4,7-8,10,12,16,23H,5-6H2,1-2H3,(H,21,24)/t10?,12?,16-/m1/s1. The van der Waals surface area contributed by atoms with Gasteiger partial charge >= 0.3 is 0 Å². The monoisotopic (exact) mass is 335 g/mol. The molecule has 0 saturated heterocycles. The maximum Gasteiger partial charge on any atom is 0.257 e. The number of aromatic nitrogens is 2. The van der Waals surface area contributed by atoms with Crippen molar-refractivity contribution in [2.45, 2.75) is 31.9 Å². The number of rotatable bonds is 4. The molecule has 2 aromatic rings. The Hall–Kier alpha value is -2.28. The second-order valence-corrected chi connectivity index (χ2v) is 6.34. The molecule has 1 heterocycles. The van der Waals surface area contributed by atoms with E-state index in [1.54, 1.807) is 24.1 Å². The van der Waals surface area contributed by atoms with Crippen molar-refractivity contribution in [2.75, 3.05) is 0 Å². The zero-order valence-electron chi connectivity index (χ0n) is 13.5. The van der Waals surface area contributed by atoms with E-state index < -0.39 is 35.3 Å². The maximum absolute atomic E-state index is 14.2. The number of hydrogen-bond donors (Lipinski definition) is 2. The highest BCUT2D eigenvalue weighted by atomic mass is 19.1. The summed E-state index contributed by atoms with van der Waals surface area (Å²) in [5.41, 5.74) is 0.374. The first-order valence-electron chi connectivity index (χ1n) is 7.79. The fourth-order valence-corrected chi connectivity index (χ4v) is 3.05. The molecule has 1 amide bonds. The fourth-order valence-electron chi connectivity index (χ4n) is 3.05. The Kier molecular flexibility index (Phi) is 4.36. The highest BCUT2D eigenvalue weighted by molar-refractivity contribution is 5.95. The first-order valence-corrected chi connectivity index (χ1v) is 7.79. The van der Waals surface area contributed by atoms with Crippen LogP contribution in [0.3, 0.4) is 0 Å². The van der Waals surface area contributed by atoms with Crippen LogP contribution < -0.4 is 5.32 Å². The lowest BCUT2D eigenvalue weighted by Crippen LogP contribution is -2.41. The molecular weight excluding hydrogens is 316 g/mol. The molecule has 0 radical (unpaired) electrons. The smallest absolute Gasteiger partial charge is 0.257 e. The number of aliphatic hydroxyl groups is 1. The zero-order valence-corrected chi connectivity index (χ0v) is 13.5. The van der Waals surface area contributed by atoms with Crippen molar-refractivity contribution in [1.29, 1.82) is 0 Å².